The van der Waals surface area contributed by atoms with E-state index >= 15 is 0 Å². The lowest BCUT2D eigenvalue weighted by Gasteiger charge is -2.03. The lowest BCUT2D eigenvalue weighted by Crippen LogP contribution is -2.22. The zero-order chi connectivity index (χ0) is 12.3. The number of aryl methyl sites for hydroxylation is 1. The number of thiazole rings is 1. The first-order valence-electron chi connectivity index (χ1n) is 5.13. The quantitative estimate of drug-likeness (QED) is 0.874. The smallest absolute Gasteiger partial charge is 0.251 e. The molecular weight excluding hydrogens is 236 g/mol. The van der Waals surface area contributed by atoms with E-state index in [9.17, 15) is 9.90 Å². The molecule has 2 aromatic rings. The fourth-order valence-electron chi connectivity index (χ4n) is 1.41. The van der Waals surface area contributed by atoms with Crippen LogP contribution in [-0.2, 0) is 6.54 Å². The SMILES string of the molecule is Cc1nc(CNC(=O)c2cccc(O)c2)cs1. The van der Waals surface area contributed by atoms with Crippen molar-refractivity contribution in [2.45, 2.75) is 13.5 Å². The number of nitrogens with one attached hydrogen (secondary N) is 1. The van der Waals surface area contributed by atoms with E-state index in [4.69, 9.17) is 0 Å². The van der Waals surface area contributed by atoms with Gasteiger partial charge in [-0.25, -0.2) is 4.98 Å². The second kappa shape index (κ2) is 4.97. The lowest BCUT2D eigenvalue weighted by molar-refractivity contribution is 0.0950. The van der Waals surface area contributed by atoms with Crippen molar-refractivity contribution in [2.24, 2.45) is 0 Å². The van der Waals surface area contributed by atoms with E-state index in [1.807, 2.05) is 12.3 Å². The van der Waals surface area contributed by atoms with E-state index in [1.54, 1.807) is 23.5 Å². The van der Waals surface area contributed by atoms with Crippen molar-refractivity contribution in [3.63, 3.8) is 0 Å². The highest BCUT2D eigenvalue weighted by Crippen LogP contribution is 2.11. The number of nitrogens with zero attached hydrogens (tertiary/aromatic N) is 1. The first-order valence-corrected chi connectivity index (χ1v) is 6.01. The highest BCUT2D eigenvalue weighted by Gasteiger charge is 2.06. The zero-order valence-electron chi connectivity index (χ0n) is 9.30. The van der Waals surface area contributed by atoms with Gasteiger partial charge in [-0.05, 0) is 25.1 Å². The van der Waals surface area contributed by atoms with Gasteiger partial charge < -0.3 is 10.4 Å². The maximum atomic E-state index is 11.7. The lowest BCUT2D eigenvalue weighted by atomic mass is 10.2. The van der Waals surface area contributed by atoms with Gasteiger partial charge in [-0.2, -0.15) is 0 Å². The molecule has 0 aliphatic rings. The number of carbonyl (C=O) groups excluding carboxylic acids is 1. The molecule has 0 spiro atoms. The summed E-state index contributed by atoms with van der Waals surface area (Å²) >= 11 is 1.55. The largest absolute Gasteiger partial charge is 0.508 e. The molecule has 1 heterocycles. The number of rotatable bonds is 3. The summed E-state index contributed by atoms with van der Waals surface area (Å²) in [6.07, 6.45) is 0. The molecule has 0 aliphatic heterocycles. The van der Waals surface area contributed by atoms with Crippen LogP contribution in [0.15, 0.2) is 29.6 Å². The van der Waals surface area contributed by atoms with Gasteiger partial charge in [0.15, 0.2) is 0 Å². The van der Waals surface area contributed by atoms with Gasteiger partial charge in [0, 0.05) is 10.9 Å². The van der Waals surface area contributed by atoms with Crippen LogP contribution in [0.2, 0.25) is 0 Å². The van der Waals surface area contributed by atoms with Crippen molar-refractivity contribution >= 4 is 17.2 Å². The highest BCUT2D eigenvalue weighted by atomic mass is 32.1. The fraction of sp³-hybridized carbons (Fsp3) is 0.167. The van der Waals surface area contributed by atoms with Crippen molar-refractivity contribution in [3.05, 3.63) is 45.9 Å². The number of phenolic OH excluding ortho intramolecular Hbond substituents is 1. The summed E-state index contributed by atoms with van der Waals surface area (Å²) in [7, 11) is 0. The van der Waals surface area contributed by atoms with E-state index in [2.05, 4.69) is 10.3 Å². The number of aromatic nitrogens is 1. The second-order valence-electron chi connectivity index (χ2n) is 3.59. The Labute approximate surface area is 103 Å². The van der Waals surface area contributed by atoms with E-state index in [0.717, 1.165) is 10.7 Å². The summed E-state index contributed by atoms with van der Waals surface area (Å²) in [5.74, 6) is -0.131. The van der Waals surface area contributed by atoms with Gasteiger partial charge in [0.1, 0.15) is 5.75 Å². The Hall–Kier alpha value is -1.88. The van der Waals surface area contributed by atoms with E-state index < -0.39 is 0 Å². The van der Waals surface area contributed by atoms with Crippen LogP contribution in [0.4, 0.5) is 0 Å². The summed E-state index contributed by atoms with van der Waals surface area (Å²) in [5, 5.41) is 14.9. The third-order valence-electron chi connectivity index (χ3n) is 2.20. The number of hydrogen-bond acceptors (Lipinski definition) is 4. The number of benzene rings is 1. The molecule has 0 fully saturated rings. The Morgan fingerprint density at radius 2 is 2.35 bits per heavy atom. The maximum absolute atomic E-state index is 11.7. The van der Waals surface area contributed by atoms with Gasteiger partial charge in [-0.15, -0.1) is 11.3 Å². The molecule has 0 saturated heterocycles. The van der Waals surface area contributed by atoms with Crippen molar-refractivity contribution in [1.29, 1.82) is 0 Å². The molecule has 4 nitrogen and oxygen atoms in total. The second-order valence-corrected chi connectivity index (χ2v) is 4.65. The highest BCUT2D eigenvalue weighted by molar-refractivity contribution is 7.09. The van der Waals surface area contributed by atoms with Gasteiger partial charge in [-0.3, -0.25) is 4.79 Å². The van der Waals surface area contributed by atoms with Gasteiger partial charge >= 0.3 is 0 Å². The summed E-state index contributed by atoms with van der Waals surface area (Å²) in [4.78, 5) is 16.0. The first kappa shape index (κ1) is 11.6. The van der Waals surface area contributed by atoms with Crippen LogP contribution in [0.1, 0.15) is 21.1 Å². The van der Waals surface area contributed by atoms with Crippen LogP contribution in [0, 0.1) is 6.92 Å². The summed E-state index contributed by atoms with van der Waals surface area (Å²) in [5.41, 5.74) is 1.29. The Bertz CT molecular complexity index is 537. The van der Waals surface area contributed by atoms with Gasteiger partial charge in [0.25, 0.3) is 5.91 Å². The molecule has 1 aromatic carbocycles. The third-order valence-corrected chi connectivity index (χ3v) is 3.03. The topological polar surface area (TPSA) is 62.2 Å². The normalized spacial score (nSPS) is 10.2. The maximum Gasteiger partial charge on any atom is 0.251 e. The monoisotopic (exact) mass is 248 g/mol. The number of carbonyl (C=O) groups is 1. The molecule has 5 heteroatoms. The Morgan fingerprint density at radius 1 is 1.53 bits per heavy atom. The fourth-order valence-corrected chi connectivity index (χ4v) is 2.02. The predicted molar refractivity (Wildman–Crippen MR) is 66.1 cm³/mol. The van der Waals surface area contributed by atoms with Gasteiger partial charge in [-0.1, -0.05) is 6.07 Å². The van der Waals surface area contributed by atoms with Gasteiger partial charge in [0.05, 0.1) is 17.2 Å². The van der Waals surface area contributed by atoms with Crippen molar-refractivity contribution < 1.29 is 9.90 Å². The minimum Gasteiger partial charge on any atom is -0.508 e. The Balaban J connectivity index is 1.98. The molecule has 17 heavy (non-hydrogen) atoms. The average molecular weight is 248 g/mol. The standard InChI is InChI=1S/C12H12N2O2S/c1-8-14-10(7-17-8)6-13-12(16)9-3-2-4-11(15)5-9/h2-5,7,15H,6H2,1H3,(H,13,16). The molecule has 2 N–H and O–H groups in total. The van der Waals surface area contributed by atoms with E-state index in [1.165, 1.54) is 12.1 Å². The first-order chi connectivity index (χ1) is 8.15. The Kier molecular flexibility index (Phi) is 3.39. The van der Waals surface area contributed by atoms with Crippen LogP contribution in [0.25, 0.3) is 0 Å². The minimum atomic E-state index is -0.216. The van der Waals surface area contributed by atoms with Gasteiger partial charge in [0.2, 0.25) is 0 Å². The molecule has 88 valence electrons. The molecular formula is C12H12N2O2S. The molecule has 0 saturated carbocycles. The molecule has 2 rings (SSSR count). The molecule has 1 amide bonds. The molecule has 0 bridgehead atoms. The van der Waals surface area contributed by atoms with Crippen molar-refractivity contribution in [2.75, 3.05) is 0 Å². The summed E-state index contributed by atoms with van der Waals surface area (Å²) < 4.78 is 0. The number of amides is 1. The van der Waals surface area contributed by atoms with Crippen LogP contribution < -0.4 is 5.32 Å². The summed E-state index contributed by atoms with van der Waals surface area (Å²) in [6, 6.07) is 6.25. The van der Waals surface area contributed by atoms with Crippen LogP contribution in [0.5, 0.6) is 5.75 Å². The predicted octanol–water partition coefficient (Wildman–Crippen LogP) is 2.09. The zero-order valence-corrected chi connectivity index (χ0v) is 10.1. The third kappa shape index (κ3) is 3.04. The van der Waals surface area contributed by atoms with Crippen LogP contribution >= 0.6 is 11.3 Å². The number of phenols is 1. The average Bonchev–Trinajstić information content (AvgIpc) is 2.72. The Morgan fingerprint density at radius 3 is 3.00 bits per heavy atom. The minimum absolute atomic E-state index is 0.0853. The molecule has 1 aromatic heterocycles. The van der Waals surface area contributed by atoms with Crippen LogP contribution in [-0.4, -0.2) is 16.0 Å². The number of aromatic hydroxyl groups is 1. The summed E-state index contributed by atoms with van der Waals surface area (Å²) in [6.45, 7) is 2.32. The van der Waals surface area contributed by atoms with Crippen molar-refractivity contribution in [1.82, 2.24) is 10.3 Å². The molecule has 0 atom stereocenters. The van der Waals surface area contributed by atoms with E-state index in [-0.39, 0.29) is 11.7 Å². The van der Waals surface area contributed by atoms with Crippen LogP contribution in [0.3, 0.4) is 0 Å². The van der Waals surface area contributed by atoms with Crippen molar-refractivity contribution in [3.8, 4) is 5.75 Å². The molecule has 0 unspecified atom stereocenters. The molecule has 0 aliphatic carbocycles. The van der Waals surface area contributed by atoms with E-state index in [0.29, 0.717) is 12.1 Å². The number of hydrogen-bond donors (Lipinski definition) is 2. The molecule has 0 radical (unpaired) electrons.